The van der Waals surface area contributed by atoms with Gasteiger partial charge in [0.25, 0.3) is 5.91 Å². The molecule has 0 radical (unpaired) electrons. The van der Waals surface area contributed by atoms with Gasteiger partial charge in [-0.25, -0.2) is 0 Å². The maximum atomic E-state index is 12.2. The first kappa shape index (κ1) is 16.6. The van der Waals surface area contributed by atoms with Gasteiger partial charge in [0, 0.05) is 12.6 Å². The van der Waals surface area contributed by atoms with Gasteiger partial charge < -0.3 is 9.88 Å². The SMILES string of the molecule is Cn1c(CNC(=O)c2ccc(C3SCCCS3)cc2)n[nH]c1=S. The quantitative estimate of drug-likeness (QED) is 0.813. The lowest BCUT2D eigenvalue weighted by molar-refractivity contribution is 0.0949. The van der Waals surface area contributed by atoms with E-state index >= 15 is 0 Å². The van der Waals surface area contributed by atoms with E-state index in [1.165, 1.54) is 23.5 Å². The Morgan fingerprint density at radius 2 is 2.09 bits per heavy atom. The van der Waals surface area contributed by atoms with E-state index in [1.807, 2.05) is 42.7 Å². The van der Waals surface area contributed by atoms with Gasteiger partial charge in [0.15, 0.2) is 10.6 Å². The van der Waals surface area contributed by atoms with Crippen LogP contribution in [0, 0.1) is 4.77 Å². The summed E-state index contributed by atoms with van der Waals surface area (Å²) < 4.78 is 2.78. The number of amides is 1. The fraction of sp³-hybridized carbons (Fsp3) is 0.400. The number of hydrogen-bond donors (Lipinski definition) is 2. The van der Waals surface area contributed by atoms with Crippen LogP contribution in [0.15, 0.2) is 24.3 Å². The van der Waals surface area contributed by atoms with Gasteiger partial charge in [0.2, 0.25) is 0 Å². The maximum Gasteiger partial charge on any atom is 0.251 e. The monoisotopic (exact) mass is 366 g/mol. The molecule has 1 aliphatic heterocycles. The molecule has 0 saturated carbocycles. The summed E-state index contributed by atoms with van der Waals surface area (Å²) in [5, 5.41) is 9.66. The van der Waals surface area contributed by atoms with Crippen LogP contribution in [-0.2, 0) is 13.6 Å². The van der Waals surface area contributed by atoms with Crippen molar-refractivity contribution >= 4 is 41.6 Å². The van der Waals surface area contributed by atoms with Gasteiger partial charge in [-0.15, -0.1) is 23.5 Å². The molecule has 0 atom stereocenters. The number of carbonyl (C=O) groups excluding carboxylic acids is 1. The van der Waals surface area contributed by atoms with Crippen LogP contribution in [0.2, 0.25) is 0 Å². The van der Waals surface area contributed by atoms with Crippen molar-refractivity contribution in [2.75, 3.05) is 11.5 Å². The average molecular weight is 367 g/mol. The first-order valence-corrected chi connectivity index (χ1v) is 9.87. The Bertz CT molecular complexity index is 732. The maximum absolute atomic E-state index is 12.2. The zero-order chi connectivity index (χ0) is 16.2. The first-order chi connectivity index (χ1) is 11.1. The molecule has 1 aromatic heterocycles. The molecule has 1 fully saturated rings. The zero-order valence-electron chi connectivity index (χ0n) is 12.7. The average Bonchev–Trinajstić information content (AvgIpc) is 2.92. The number of nitrogens with one attached hydrogen (secondary N) is 2. The lowest BCUT2D eigenvalue weighted by Crippen LogP contribution is -2.24. The van der Waals surface area contributed by atoms with Crippen molar-refractivity contribution < 1.29 is 4.79 Å². The van der Waals surface area contributed by atoms with Gasteiger partial charge in [0.1, 0.15) is 0 Å². The van der Waals surface area contributed by atoms with Gasteiger partial charge in [-0.1, -0.05) is 12.1 Å². The zero-order valence-corrected chi connectivity index (χ0v) is 15.2. The predicted octanol–water partition coefficient (Wildman–Crippen LogP) is 3.28. The molecule has 1 aromatic carbocycles. The molecule has 1 amide bonds. The number of aromatic amines is 1. The normalized spacial score (nSPS) is 15.5. The number of rotatable bonds is 4. The molecule has 0 aliphatic carbocycles. The minimum atomic E-state index is -0.102. The first-order valence-electron chi connectivity index (χ1n) is 7.37. The fourth-order valence-corrected chi connectivity index (χ4v) is 5.32. The molecule has 23 heavy (non-hydrogen) atoms. The van der Waals surface area contributed by atoms with E-state index in [2.05, 4.69) is 27.6 Å². The standard InChI is InChI=1S/C15H18N4OS3/c1-19-12(17-18-15(19)21)9-16-13(20)10-3-5-11(6-4-10)14-22-7-2-8-23-14/h3-6,14H,2,7-9H2,1H3,(H,16,20)(H,18,21). The molecular formula is C15H18N4OS3. The van der Waals surface area contributed by atoms with Gasteiger partial charge >= 0.3 is 0 Å². The van der Waals surface area contributed by atoms with Crippen LogP contribution in [0.3, 0.4) is 0 Å². The molecule has 122 valence electrons. The molecule has 1 aliphatic rings. The van der Waals surface area contributed by atoms with Crippen LogP contribution in [0.5, 0.6) is 0 Å². The second kappa shape index (κ2) is 7.55. The molecule has 1 saturated heterocycles. The summed E-state index contributed by atoms with van der Waals surface area (Å²) in [7, 11) is 1.82. The Kier molecular flexibility index (Phi) is 5.45. The lowest BCUT2D eigenvalue weighted by atomic mass is 10.1. The van der Waals surface area contributed by atoms with E-state index in [0.29, 0.717) is 27.3 Å². The number of thioether (sulfide) groups is 2. The number of aromatic nitrogens is 3. The van der Waals surface area contributed by atoms with Gasteiger partial charge in [0.05, 0.1) is 11.1 Å². The van der Waals surface area contributed by atoms with E-state index < -0.39 is 0 Å². The number of hydrogen-bond acceptors (Lipinski definition) is 5. The number of carbonyl (C=O) groups is 1. The molecule has 2 aromatic rings. The van der Waals surface area contributed by atoms with Crippen LogP contribution in [0.1, 0.15) is 32.7 Å². The summed E-state index contributed by atoms with van der Waals surface area (Å²) in [5.74, 6) is 3.03. The van der Waals surface area contributed by atoms with E-state index in [0.717, 1.165) is 0 Å². The summed E-state index contributed by atoms with van der Waals surface area (Å²) in [6, 6.07) is 7.90. The van der Waals surface area contributed by atoms with Crippen molar-refractivity contribution in [1.29, 1.82) is 0 Å². The Balaban J connectivity index is 1.61. The molecule has 5 nitrogen and oxygen atoms in total. The minimum Gasteiger partial charge on any atom is -0.345 e. The second-order valence-corrected chi connectivity index (χ2v) is 8.35. The van der Waals surface area contributed by atoms with E-state index in [-0.39, 0.29) is 5.91 Å². The third kappa shape index (κ3) is 3.99. The highest BCUT2D eigenvalue weighted by molar-refractivity contribution is 8.16. The Hall–Kier alpha value is -1.25. The Morgan fingerprint density at radius 1 is 1.39 bits per heavy atom. The topological polar surface area (TPSA) is 62.7 Å². The molecule has 2 N–H and O–H groups in total. The Morgan fingerprint density at radius 3 is 2.70 bits per heavy atom. The highest BCUT2D eigenvalue weighted by atomic mass is 32.2. The second-order valence-electron chi connectivity index (χ2n) is 5.24. The van der Waals surface area contributed by atoms with Crippen LogP contribution >= 0.6 is 35.7 Å². The summed E-state index contributed by atoms with van der Waals surface area (Å²) in [4.78, 5) is 12.2. The number of H-pyrrole nitrogens is 1. The van der Waals surface area contributed by atoms with Gasteiger partial charge in [-0.3, -0.25) is 9.89 Å². The summed E-state index contributed by atoms with van der Waals surface area (Å²) in [6.07, 6.45) is 1.28. The van der Waals surface area contributed by atoms with Crippen LogP contribution in [0.4, 0.5) is 0 Å². The summed E-state index contributed by atoms with van der Waals surface area (Å²) in [5.41, 5.74) is 1.95. The third-order valence-electron chi connectivity index (χ3n) is 3.65. The molecule has 0 unspecified atom stereocenters. The predicted molar refractivity (Wildman–Crippen MR) is 98.3 cm³/mol. The smallest absolute Gasteiger partial charge is 0.251 e. The van der Waals surface area contributed by atoms with Crippen molar-refractivity contribution in [3.05, 3.63) is 46.0 Å². The van der Waals surface area contributed by atoms with E-state index in [9.17, 15) is 4.79 Å². The van der Waals surface area contributed by atoms with Crippen molar-refractivity contribution in [2.24, 2.45) is 7.05 Å². The van der Waals surface area contributed by atoms with Crippen LogP contribution in [0.25, 0.3) is 0 Å². The highest BCUT2D eigenvalue weighted by Crippen LogP contribution is 2.43. The van der Waals surface area contributed by atoms with Crippen LogP contribution in [-0.4, -0.2) is 32.2 Å². The van der Waals surface area contributed by atoms with Gasteiger partial charge in [-0.05, 0) is 47.8 Å². The summed E-state index contributed by atoms with van der Waals surface area (Å²) >= 11 is 9.01. The number of benzene rings is 1. The Labute approximate surface area is 148 Å². The van der Waals surface area contributed by atoms with Crippen molar-refractivity contribution in [3.8, 4) is 0 Å². The van der Waals surface area contributed by atoms with E-state index in [4.69, 9.17) is 12.2 Å². The third-order valence-corrected chi connectivity index (χ3v) is 7.03. The minimum absolute atomic E-state index is 0.102. The molecular weight excluding hydrogens is 348 g/mol. The van der Waals surface area contributed by atoms with E-state index in [1.54, 1.807) is 4.57 Å². The highest BCUT2D eigenvalue weighted by Gasteiger charge is 2.17. The van der Waals surface area contributed by atoms with Crippen molar-refractivity contribution in [1.82, 2.24) is 20.1 Å². The van der Waals surface area contributed by atoms with Crippen LogP contribution < -0.4 is 5.32 Å². The largest absolute Gasteiger partial charge is 0.345 e. The number of nitrogens with zero attached hydrogens (tertiary/aromatic N) is 2. The molecule has 2 heterocycles. The molecule has 0 spiro atoms. The molecule has 0 bridgehead atoms. The molecule has 3 rings (SSSR count). The van der Waals surface area contributed by atoms with Crippen molar-refractivity contribution in [3.63, 3.8) is 0 Å². The lowest BCUT2D eigenvalue weighted by Gasteiger charge is -2.21. The van der Waals surface area contributed by atoms with Crippen molar-refractivity contribution in [2.45, 2.75) is 17.5 Å². The fourth-order valence-electron chi connectivity index (χ4n) is 2.27. The summed E-state index contributed by atoms with van der Waals surface area (Å²) in [6.45, 7) is 0.346. The van der Waals surface area contributed by atoms with Gasteiger partial charge in [-0.2, -0.15) is 5.10 Å². The molecule has 8 heteroatoms.